The van der Waals surface area contributed by atoms with Crippen molar-refractivity contribution in [3.8, 4) is 5.75 Å². The molecule has 0 amide bonds. The molecule has 1 aliphatic heterocycles. The zero-order valence-corrected chi connectivity index (χ0v) is 9.09. The maximum absolute atomic E-state index is 13.9. The fraction of sp³-hybridized carbons (Fsp3) is 0.500. The first kappa shape index (κ1) is 10.4. The van der Waals surface area contributed by atoms with Crippen molar-refractivity contribution in [2.45, 2.75) is 25.1 Å². The van der Waals surface area contributed by atoms with E-state index < -0.39 is 11.7 Å². The molecule has 0 spiro atoms. The zero-order chi connectivity index (χ0) is 10.9. The van der Waals surface area contributed by atoms with E-state index in [1.807, 2.05) is 31.2 Å². The second-order valence-electron chi connectivity index (χ2n) is 4.09. The Labute approximate surface area is 89.4 Å². The molecule has 82 valence electrons. The lowest BCUT2D eigenvalue weighted by Crippen LogP contribution is -2.40. The monoisotopic (exact) mass is 209 g/mol. The van der Waals surface area contributed by atoms with Crippen LogP contribution in [0.15, 0.2) is 24.3 Å². The Balaban J connectivity index is 2.43. The van der Waals surface area contributed by atoms with Crippen LogP contribution in [0, 0.1) is 0 Å². The van der Waals surface area contributed by atoms with Crippen LogP contribution in [-0.2, 0) is 5.54 Å². The van der Waals surface area contributed by atoms with E-state index in [1.165, 1.54) is 0 Å². The van der Waals surface area contributed by atoms with Crippen LogP contribution in [0.1, 0.15) is 18.9 Å². The molecule has 2 nitrogen and oxygen atoms in total. The van der Waals surface area contributed by atoms with Crippen molar-refractivity contribution >= 4 is 0 Å². The van der Waals surface area contributed by atoms with Crippen LogP contribution in [0.4, 0.5) is 4.39 Å². The van der Waals surface area contributed by atoms with Gasteiger partial charge in [0.05, 0.1) is 12.6 Å². The van der Waals surface area contributed by atoms with Crippen molar-refractivity contribution in [1.82, 2.24) is 5.32 Å². The van der Waals surface area contributed by atoms with Crippen LogP contribution in [0.3, 0.4) is 0 Å². The van der Waals surface area contributed by atoms with E-state index in [1.54, 1.807) is 7.11 Å². The van der Waals surface area contributed by atoms with E-state index in [2.05, 4.69) is 5.32 Å². The fourth-order valence-electron chi connectivity index (χ4n) is 2.20. The van der Waals surface area contributed by atoms with E-state index in [9.17, 15) is 4.39 Å². The number of alkyl halides is 1. The summed E-state index contributed by atoms with van der Waals surface area (Å²) in [5.41, 5.74) is 0.296. The Morgan fingerprint density at radius 1 is 1.47 bits per heavy atom. The van der Waals surface area contributed by atoms with Gasteiger partial charge in [-0.1, -0.05) is 18.2 Å². The van der Waals surface area contributed by atoms with Crippen molar-refractivity contribution in [2.24, 2.45) is 0 Å². The molecule has 2 atom stereocenters. The molecular formula is C12H16FNO. The number of nitrogens with one attached hydrogen (secondary N) is 1. The number of para-hydroxylation sites is 1. The van der Waals surface area contributed by atoms with Crippen molar-refractivity contribution in [3.05, 3.63) is 29.8 Å². The molecule has 0 radical (unpaired) electrons. The summed E-state index contributed by atoms with van der Waals surface area (Å²) in [6.45, 7) is 2.61. The van der Waals surface area contributed by atoms with E-state index in [0.717, 1.165) is 17.9 Å². The molecule has 1 fully saturated rings. The molecule has 0 aliphatic carbocycles. The second-order valence-corrected chi connectivity index (χ2v) is 4.09. The van der Waals surface area contributed by atoms with Crippen LogP contribution >= 0.6 is 0 Å². The van der Waals surface area contributed by atoms with Gasteiger partial charge in [-0.25, -0.2) is 4.39 Å². The third kappa shape index (κ3) is 1.61. The molecule has 2 unspecified atom stereocenters. The molecule has 1 heterocycles. The SMILES string of the molecule is COc1ccccc1C1(C)NCCC1F. The Morgan fingerprint density at radius 3 is 2.80 bits per heavy atom. The summed E-state index contributed by atoms with van der Waals surface area (Å²) in [5, 5.41) is 3.22. The minimum Gasteiger partial charge on any atom is -0.496 e. The summed E-state index contributed by atoms with van der Waals surface area (Å²) in [6.07, 6.45) is -0.289. The van der Waals surface area contributed by atoms with Gasteiger partial charge in [0.1, 0.15) is 11.9 Å². The van der Waals surface area contributed by atoms with Crippen LogP contribution < -0.4 is 10.1 Å². The van der Waals surface area contributed by atoms with Gasteiger partial charge in [0.25, 0.3) is 0 Å². The zero-order valence-electron chi connectivity index (χ0n) is 9.09. The molecule has 0 bridgehead atoms. The molecule has 1 saturated heterocycles. The molecule has 1 aromatic carbocycles. The number of methoxy groups -OCH3 is 1. The van der Waals surface area contributed by atoms with Gasteiger partial charge in [0.15, 0.2) is 0 Å². The Morgan fingerprint density at radius 2 is 2.20 bits per heavy atom. The first-order valence-electron chi connectivity index (χ1n) is 5.21. The molecule has 1 aromatic rings. The molecule has 3 heteroatoms. The molecule has 1 N–H and O–H groups in total. The van der Waals surface area contributed by atoms with E-state index in [-0.39, 0.29) is 0 Å². The lowest BCUT2D eigenvalue weighted by molar-refractivity contribution is 0.214. The maximum atomic E-state index is 13.9. The largest absolute Gasteiger partial charge is 0.496 e. The number of rotatable bonds is 2. The average molecular weight is 209 g/mol. The fourth-order valence-corrected chi connectivity index (χ4v) is 2.20. The second kappa shape index (κ2) is 3.81. The number of hydrogen-bond donors (Lipinski definition) is 1. The van der Waals surface area contributed by atoms with Gasteiger partial charge in [-0.15, -0.1) is 0 Å². The first-order valence-corrected chi connectivity index (χ1v) is 5.21. The first-order chi connectivity index (χ1) is 7.18. The summed E-state index contributed by atoms with van der Waals surface area (Å²) in [4.78, 5) is 0. The predicted molar refractivity (Wildman–Crippen MR) is 57.9 cm³/mol. The highest BCUT2D eigenvalue weighted by atomic mass is 19.1. The highest BCUT2D eigenvalue weighted by molar-refractivity contribution is 5.40. The molecule has 1 aliphatic rings. The van der Waals surface area contributed by atoms with Crippen molar-refractivity contribution in [3.63, 3.8) is 0 Å². The summed E-state index contributed by atoms with van der Waals surface area (Å²) >= 11 is 0. The van der Waals surface area contributed by atoms with Gasteiger partial charge in [-0.05, 0) is 26.0 Å². The molecular weight excluding hydrogens is 193 g/mol. The van der Waals surface area contributed by atoms with Gasteiger partial charge in [-0.3, -0.25) is 0 Å². The number of hydrogen-bond acceptors (Lipinski definition) is 2. The summed E-state index contributed by atoms with van der Waals surface area (Å²) in [5.74, 6) is 0.747. The van der Waals surface area contributed by atoms with Gasteiger partial charge in [0.2, 0.25) is 0 Å². The smallest absolute Gasteiger partial charge is 0.124 e. The maximum Gasteiger partial charge on any atom is 0.124 e. The lowest BCUT2D eigenvalue weighted by atomic mass is 9.88. The normalized spacial score (nSPS) is 30.5. The molecule has 2 rings (SSSR count). The summed E-state index contributed by atoms with van der Waals surface area (Å²) in [6, 6.07) is 7.60. The molecule has 15 heavy (non-hydrogen) atoms. The third-order valence-corrected chi connectivity index (χ3v) is 3.18. The highest BCUT2D eigenvalue weighted by Crippen LogP contribution is 2.37. The van der Waals surface area contributed by atoms with Crippen LogP contribution in [-0.4, -0.2) is 19.8 Å². The van der Waals surface area contributed by atoms with Crippen molar-refractivity contribution in [2.75, 3.05) is 13.7 Å². The topological polar surface area (TPSA) is 21.3 Å². The molecule has 0 aromatic heterocycles. The quantitative estimate of drug-likeness (QED) is 0.806. The van der Waals surface area contributed by atoms with Gasteiger partial charge in [0, 0.05) is 5.56 Å². The number of ether oxygens (including phenoxy) is 1. The Bertz CT molecular complexity index is 355. The Kier molecular flexibility index (Phi) is 2.65. The van der Waals surface area contributed by atoms with E-state index in [0.29, 0.717) is 6.42 Å². The van der Waals surface area contributed by atoms with Crippen molar-refractivity contribution in [1.29, 1.82) is 0 Å². The van der Waals surface area contributed by atoms with Gasteiger partial charge in [-0.2, -0.15) is 0 Å². The van der Waals surface area contributed by atoms with Crippen molar-refractivity contribution < 1.29 is 9.13 Å². The van der Waals surface area contributed by atoms with E-state index in [4.69, 9.17) is 4.74 Å². The number of halogens is 1. The number of benzene rings is 1. The van der Waals surface area contributed by atoms with Gasteiger partial charge >= 0.3 is 0 Å². The molecule has 0 saturated carbocycles. The summed E-state index contributed by atoms with van der Waals surface area (Å²) in [7, 11) is 1.62. The third-order valence-electron chi connectivity index (χ3n) is 3.18. The summed E-state index contributed by atoms with van der Waals surface area (Å²) < 4.78 is 19.1. The lowest BCUT2D eigenvalue weighted by Gasteiger charge is -2.29. The minimum absolute atomic E-state index is 0.564. The average Bonchev–Trinajstić information content (AvgIpc) is 2.60. The Hall–Kier alpha value is -1.09. The van der Waals surface area contributed by atoms with E-state index >= 15 is 0 Å². The van der Waals surface area contributed by atoms with Crippen LogP contribution in [0.2, 0.25) is 0 Å². The highest BCUT2D eigenvalue weighted by Gasteiger charge is 2.41. The van der Waals surface area contributed by atoms with Crippen LogP contribution in [0.5, 0.6) is 5.75 Å². The van der Waals surface area contributed by atoms with Gasteiger partial charge < -0.3 is 10.1 Å². The van der Waals surface area contributed by atoms with Crippen LogP contribution in [0.25, 0.3) is 0 Å². The standard InChI is InChI=1S/C12H16FNO/c1-12(11(13)7-8-14-12)9-5-3-4-6-10(9)15-2/h3-6,11,14H,7-8H2,1-2H3. The minimum atomic E-state index is -0.853. The predicted octanol–water partition coefficient (Wildman–Crippen LogP) is 2.24.